The lowest BCUT2D eigenvalue weighted by molar-refractivity contribution is 0.676. The van der Waals surface area contributed by atoms with E-state index in [0.717, 1.165) is 17.1 Å². The monoisotopic (exact) mass is 302 g/mol. The van der Waals surface area contributed by atoms with Crippen molar-refractivity contribution in [3.05, 3.63) is 46.2 Å². The number of rotatable bonds is 3. The first kappa shape index (κ1) is 12.7. The fraction of sp³-hybridized carbons (Fsp3) is 0.0833. The van der Waals surface area contributed by atoms with Crippen LogP contribution in [-0.4, -0.2) is 24.4 Å². The molecule has 0 aliphatic heterocycles. The Morgan fingerprint density at radius 2 is 2.30 bits per heavy atom. The van der Waals surface area contributed by atoms with Gasteiger partial charge < -0.3 is 0 Å². The number of halogens is 1. The van der Waals surface area contributed by atoms with Gasteiger partial charge in [-0.25, -0.2) is 9.67 Å². The van der Waals surface area contributed by atoms with E-state index in [9.17, 15) is 0 Å². The third kappa shape index (κ3) is 2.39. The summed E-state index contributed by atoms with van der Waals surface area (Å²) in [6.07, 6.45) is 1.46. The zero-order valence-electron chi connectivity index (χ0n) is 10.1. The fourth-order valence-electron chi connectivity index (χ4n) is 1.76. The molecule has 2 aromatic heterocycles. The summed E-state index contributed by atoms with van der Waals surface area (Å²) in [5.41, 5.74) is 2.05. The largest absolute Gasteiger partial charge is 0.240 e. The molecule has 0 aliphatic carbocycles. The molecule has 2 heterocycles. The van der Waals surface area contributed by atoms with Gasteiger partial charge in [-0.15, -0.1) is 5.10 Å². The minimum Gasteiger partial charge on any atom is -0.240 e. The Labute approximate surface area is 123 Å². The van der Waals surface area contributed by atoms with Crippen LogP contribution in [0.25, 0.3) is 11.4 Å². The van der Waals surface area contributed by atoms with Crippen molar-refractivity contribution in [2.45, 2.75) is 6.54 Å². The Balaban J connectivity index is 1.98. The highest BCUT2D eigenvalue weighted by Crippen LogP contribution is 2.21. The van der Waals surface area contributed by atoms with Crippen molar-refractivity contribution >= 4 is 23.1 Å². The van der Waals surface area contributed by atoms with Gasteiger partial charge in [0.15, 0.2) is 5.82 Å². The molecule has 0 spiro atoms. The molecule has 0 N–H and O–H groups in total. The predicted molar refractivity (Wildman–Crippen MR) is 74.2 cm³/mol. The molecule has 0 atom stereocenters. The Morgan fingerprint density at radius 3 is 3.05 bits per heavy atom. The molecule has 3 rings (SSSR count). The second kappa shape index (κ2) is 5.36. The molecule has 0 amide bonds. The Morgan fingerprint density at radius 1 is 1.40 bits per heavy atom. The van der Waals surface area contributed by atoms with Crippen molar-refractivity contribution in [2.75, 3.05) is 0 Å². The van der Waals surface area contributed by atoms with Crippen molar-refractivity contribution in [3.8, 4) is 17.5 Å². The van der Waals surface area contributed by atoms with Crippen molar-refractivity contribution in [1.29, 1.82) is 5.26 Å². The maximum Gasteiger partial charge on any atom is 0.158 e. The van der Waals surface area contributed by atoms with E-state index in [1.165, 1.54) is 6.33 Å². The quantitative estimate of drug-likeness (QED) is 0.742. The zero-order chi connectivity index (χ0) is 13.9. The minimum absolute atomic E-state index is 0.390. The highest BCUT2D eigenvalue weighted by Gasteiger charge is 2.12. The molecule has 3 aromatic rings. The van der Waals surface area contributed by atoms with Crippen molar-refractivity contribution in [3.63, 3.8) is 0 Å². The number of hydrogen-bond donors (Lipinski definition) is 0. The van der Waals surface area contributed by atoms with Crippen molar-refractivity contribution < 1.29 is 0 Å². The van der Waals surface area contributed by atoms with E-state index in [4.69, 9.17) is 16.9 Å². The van der Waals surface area contributed by atoms with Crippen LogP contribution in [0.15, 0.2) is 30.6 Å². The highest BCUT2D eigenvalue weighted by atomic mass is 35.5. The second-order valence-electron chi connectivity index (χ2n) is 3.93. The molecule has 20 heavy (non-hydrogen) atoms. The summed E-state index contributed by atoms with van der Waals surface area (Å²) in [5.74, 6) is 0.658. The Bertz CT molecular complexity index is 787. The van der Waals surface area contributed by atoms with Gasteiger partial charge in [0.25, 0.3) is 0 Å². The fourth-order valence-corrected chi connectivity index (χ4v) is 2.38. The van der Waals surface area contributed by atoms with Crippen LogP contribution < -0.4 is 0 Å². The summed E-state index contributed by atoms with van der Waals surface area (Å²) < 4.78 is 6.01. The number of nitriles is 1. The van der Waals surface area contributed by atoms with E-state index in [1.54, 1.807) is 16.8 Å². The van der Waals surface area contributed by atoms with Crippen LogP contribution in [0.2, 0.25) is 4.34 Å². The van der Waals surface area contributed by atoms with Gasteiger partial charge in [-0.05, 0) is 12.1 Å². The van der Waals surface area contributed by atoms with E-state index >= 15 is 0 Å². The van der Waals surface area contributed by atoms with Gasteiger partial charge >= 0.3 is 0 Å². The molecule has 0 radical (unpaired) electrons. The molecule has 98 valence electrons. The highest BCUT2D eigenvalue weighted by molar-refractivity contribution is 7.10. The lowest BCUT2D eigenvalue weighted by Gasteiger charge is -2.04. The molecule has 0 aliphatic rings. The third-order valence-corrected chi connectivity index (χ3v) is 3.66. The second-order valence-corrected chi connectivity index (χ2v) is 5.28. The summed E-state index contributed by atoms with van der Waals surface area (Å²) >= 11 is 7.13. The van der Waals surface area contributed by atoms with Gasteiger partial charge in [0.05, 0.1) is 18.2 Å². The summed E-state index contributed by atoms with van der Waals surface area (Å²) in [6, 6.07) is 9.30. The van der Waals surface area contributed by atoms with Gasteiger partial charge in [0.2, 0.25) is 0 Å². The molecule has 0 fully saturated rings. The van der Waals surface area contributed by atoms with Crippen LogP contribution >= 0.6 is 23.1 Å². The molecule has 0 unspecified atom stereocenters. The van der Waals surface area contributed by atoms with Gasteiger partial charge in [-0.1, -0.05) is 28.2 Å². The number of nitrogens with zero attached hydrogens (tertiary/aromatic N) is 6. The number of hydrogen-bond acceptors (Lipinski definition) is 6. The SMILES string of the molecule is N#Cc1cccc(-c2ncnn2Cc2nnsc2Cl)c1. The molecule has 0 bridgehead atoms. The van der Waals surface area contributed by atoms with Crippen LogP contribution in [0.5, 0.6) is 0 Å². The number of aromatic nitrogens is 5. The summed E-state index contributed by atoms with van der Waals surface area (Å²) in [5, 5.41) is 17.1. The first-order chi connectivity index (χ1) is 9.78. The Hall–Kier alpha value is -2.30. The maximum atomic E-state index is 8.95. The molecule has 0 saturated carbocycles. The van der Waals surface area contributed by atoms with Crippen LogP contribution in [0.3, 0.4) is 0 Å². The zero-order valence-corrected chi connectivity index (χ0v) is 11.6. The topological polar surface area (TPSA) is 80.3 Å². The summed E-state index contributed by atoms with van der Waals surface area (Å²) in [7, 11) is 0. The van der Waals surface area contributed by atoms with Gasteiger partial charge in [0.1, 0.15) is 16.4 Å². The molecular formula is C12H7ClN6S. The first-order valence-electron chi connectivity index (χ1n) is 5.63. The van der Waals surface area contributed by atoms with Crippen molar-refractivity contribution in [1.82, 2.24) is 24.4 Å². The number of benzene rings is 1. The predicted octanol–water partition coefficient (Wildman–Crippen LogP) is 2.37. The van der Waals surface area contributed by atoms with Crippen LogP contribution in [0.1, 0.15) is 11.3 Å². The van der Waals surface area contributed by atoms with E-state index in [-0.39, 0.29) is 0 Å². The smallest absolute Gasteiger partial charge is 0.158 e. The lowest BCUT2D eigenvalue weighted by atomic mass is 10.1. The molecule has 1 aromatic carbocycles. The van der Waals surface area contributed by atoms with E-state index in [0.29, 0.717) is 28.0 Å². The van der Waals surface area contributed by atoms with E-state index in [2.05, 4.69) is 25.7 Å². The standard InChI is InChI=1S/C12H7ClN6S/c13-11-10(17-18-20-11)6-19-12(15-7-16-19)9-3-1-2-8(4-9)5-14/h1-4,7H,6H2. The Kier molecular flexibility index (Phi) is 3.41. The minimum atomic E-state index is 0.390. The summed E-state index contributed by atoms with van der Waals surface area (Å²) in [4.78, 5) is 4.23. The molecule has 0 saturated heterocycles. The van der Waals surface area contributed by atoms with Gasteiger partial charge in [-0.2, -0.15) is 10.4 Å². The van der Waals surface area contributed by atoms with Crippen LogP contribution in [0, 0.1) is 11.3 Å². The molecule has 8 heteroatoms. The van der Waals surface area contributed by atoms with E-state index < -0.39 is 0 Å². The molecule has 6 nitrogen and oxygen atoms in total. The van der Waals surface area contributed by atoms with Crippen LogP contribution in [-0.2, 0) is 6.54 Å². The van der Waals surface area contributed by atoms with Gasteiger partial charge in [-0.3, -0.25) is 0 Å². The van der Waals surface area contributed by atoms with Gasteiger partial charge in [0, 0.05) is 17.1 Å². The van der Waals surface area contributed by atoms with Crippen molar-refractivity contribution in [2.24, 2.45) is 0 Å². The molecular weight excluding hydrogens is 296 g/mol. The normalized spacial score (nSPS) is 10.4. The summed E-state index contributed by atoms with van der Waals surface area (Å²) in [6.45, 7) is 0.390. The first-order valence-corrected chi connectivity index (χ1v) is 6.78. The van der Waals surface area contributed by atoms with E-state index in [1.807, 2.05) is 12.1 Å². The third-order valence-electron chi connectivity index (χ3n) is 2.67. The van der Waals surface area contributed by atoms with Crippen LogP contribution in [0.4, 0.5) is 0 Å². The maximum absolute atomic E-state index is 8.95. The average Bonchev–Trinajstić information content (AvgIpc) is 3.09. The average molecular weight is 303 g/mol. The lowest BCUT2D eigenvalue weighted by Crippen LogP contribution is -2.05.